The maximum atomic E-state index is 8.89. The number of hydrogen-bond donors (Lipinski definition) is 4. The summed E-state index contributed by atoms with van der Waals surface area (Å²) in [6.07, 6.45) is 2.49. The zero-order valence-corrected chi connectivity index (χ0v) is 9.44. The third-order valence-electron chi connectivity index (χ3n) is 1.27. The highest BCUT2D eigenvalue weighted by Crippen LogP contribution is 2.17. The molecule has 0 rings (SSSR count). The summed E-state index contributed by atoms with van der Waals surface area (Å²) < 4.78 is 8.42. The van der Waals surface area contributed by atoms with Crippen LogP contribution in [0.4, 0.5) is 0 Å². The Morgan fingerprint density at radius 3 is 2.75 bits per heavy atom. The first-order chi connectivity index (χ1) is 5.63. The van der Waals surface area contributed by atoms with Crippen molar-refractivity contribution in [1.82, 2.24) is 4.72 Å². The van der Waals surface area contributed by atoms with Gasteiger partial charge in [0.05, 0.1) is 12.7 Å². The van der Waals surface area contributed by atoms with Crippen LogP contribution in [-0.4, -0.2) is 37.2 Å². The highest BCUT2D eigenvalue weighted by molar-refractivity contribution is 8.77. The largest absolute Gasteiger partial charge is 0.393 e. The van der Waals surface area contributed by atoms with Crippen LogP contribution < -0.4 is 4.72 Å². The summed E-state index contributed by atoms with van der Waals surface area (Å²) in [5.74, 6) is 0. The topological polar surface area (TPSA) is 41.5 Å². The summed E-state index contributed by atoms with van der Waals surface area (Å²) in [6.45, 7) is 3.93. The molecule has 0 saturated heterocycles. The Balaban J connectivity index is 2.91. The molecule has 0 aliphatic heterocycles. The minimum absolute atomic E-state index is 0.258. The first-order valence-electron chi connectivity index (χ1n) is 4.05. The van der Waals surface area contributed by atoms with Crippen molar-refractivity contribution in [3.63, 3.8) is 0 Å². The molecule has 5 heteroatoms. The van der Waals surface area contributed by atoms with Crippen molar-refractivity contribution in [1.29, 1.82) is 0 Å². The van der Waals surface area contributed by atoms with Crippen LogP contribution in [0.25, 0.3) is 0 Å². The molecule has 0 saturated carbocycles. The highest BCUT2D eigenvalue weighted by Gasteiger charge is 1.94. The van der Waals surface area contributed by atoms with E-state index in [0.717, 1.165) is 6.54 Å². The van der Waals surface area contributed by atoms with Crippen molar-refractivity contribution in [2.24, 2.45) is 0 Å². The average molecular weight is 213 g/mol. The van der Waals surface area contributed by atoms with Crippen LogP contribution in [0.3, 0.4) is 0 Å². The Morgan fingerprint density at radius 1 is 1.58 bits per heavy atom. The van der Waals surface area contributed by atoms with Gasteiger partial charge in [-0.25, -0.2) is 0 Å². The quantitative estimate of drug-likeness (QED) is 0.287. The van der Waals surface area contributed by atoms with Gasteiger partial charge in [0.25, 0.3) is 0 Å². The van der Waals surface area contributed by atoms with E-state index in [1.807, 2.05) is 6.26 Å². The summed E-state index contributed by atoms with van der Waals surface area (Å²) in [4.78, 5) is 0. The second-order valence-corrected chi connectivity index (χ2v) is 5.85. The normalized spacial score (nSPS) is 17.5. The molecule has 0 heterocycles. The third kappa shape index (κ3) is 10.6. The molecule has 3 nitrogen and oxygen atoms in total. The molecule has 2 unspecified atom stereocenters. The Kier molecular flexibility index (Phi) is 8.59. The molecule has 0 amide bonds. The van der Waals surface area contributed by atoms with Crippen LogP contribution in [0, 0.1) is 0 Å². The maximum Gasteiger partial charge on any atom is 0.0599 e. The lowest BCUT2D eigenvalue weighted by Crippen LogP contribution is -2.15. The van der Waals surface area contributed by atoms with E-state index in [2.05, 4.69) is 16.4 Å². The highest BCUT2D eigenvalue weighted by atomic mass is 33.1. The minimum atomic E-state index is -0.319. The van der Waals surface area contributed by atoms with E-state index < -0.39 is 0 Å². The van der Waals surface area contributed by atoms with Gasteiger partial charge in [-0.1, -0.05) is 0 Å². The lowest BCUT2D eigenvalue weighted by atomic mass is 10.3. The molecule has 76 valence electrons. The summed E-state index contributed by atoms with van der Waals surface area (Å²) >= 11 is 4.21. The van der Waals surface area contributed by atoms with Gasteiger partial charge in [0.1, 0.15) is 0 Å². The number of thiol groups is 2. The van der Waals surface area contributed by atoms with E-state index in [-0.39, 0.29) is 16.2 Å². The van der Waals surface area contributed by atoms with Crippen LogP contribution in [0.15, 0.2) is 0 Å². The van der Waals surface area contributed by atoms with E-state index in [9.17, 15) is 0 Å². The first kappa shape index (κ1) is 12.6. The van der Waals surface area contributed by atoms with Gasteiger partial charge < -0.3 is 9.84 Å². The molecule has 0 aliphatic rings. The molecular formula is C7H19NO2S2. The third-order valence-corrected chi connectivity index (χ3v) is 2.37. The van der Waals surface area contributed by atoms with Crippen LogP contribution in [0.2, 0.25) is 0 Å². The van der Waals surface area contributed by atoms with E-state index in [4.69, 9.17) is 9.84 Å². The van der Waals surface area contributed by atoms with Crippen molar-refractivity contribution >= 4 is 21.8 Å². The molecule has 0 aliphatic carbocycles. The summed E-state index contributed by atoms with van der Waals surface area (Å²) in [6, 6.07) is 0. The van der Waals surface area contributed by atoms with Gasteiger partial charge in [0.15, 0.2) is 0 Å². The number of aliphatic hydroxyl groups is 1. The van der Waals surface area contributed by atoms with Gasteiger partial charge in [-0.15, -0.1) is 11.7 Å². The number of rotatable bonds is 7. The van der Waals surface area contributed by atoms with Gasteiger partial charge in [0, 0.05) is 13.2 Å². The molecule has 0 bridgehead atoms. The predicted octanol–water partition coefficient (Wildman–Crippen LogP) is 0.754. The lowest BCUT2D eigenvalue weighted by Gasteiger charge is -2.11. The zero-order valence-electron chi connectivity index (χ0n) is 7.66. The fourth-order valence-corrected chi connectivity index (χ4v) is 1.35. The Hall–Kier alpha value is 0.580. The summed E-state index contributed by atoms with van der Waals surface area (Å²) in [5.41, 5.74) is 0. The van der Waals surface area contributed by atoms with E-state index in [1.54, 1.807) is 6.92 Å². The summed E-state index contributed by atoms with van der Waals surface area (Å²) in [7, 11) is -0.319. The molecule has 2 atom stereocenters. The zero-order chi connectivity index (χ0) is 9.40. The summed E-state index contributed by atoms with van der Waals surface area (Å²) in [5, 5.41) is 8.89. The molecule has 0 spiro atoms. The van der Waals surface area contributed by atoms with Crippen LogP contribution >= 0.6 is 21.8 Å². The standard InChI is InChI=1S/C7H19NO2S2/c1-7(9)3-5-10-6-4-8-12(2)11/h7-9,11-12H,3-6H2,1-2H3. The predicted molar refractivity (Wildman–Crippen MR) is 59.0 cm³/mol. The van der Waals surface area contributed by atoms with E-state index >= 15 is 0 Å². The molecule has 12 heavy (non-hydrogen) atoms. The molecule has 0 aromatic heterocycles. The van der Waals surface area contributed by atoms with Crippen molar-refractivity contribution in [2.75, 3.05) is 26.0 Å². The van der Waals surface area contributed by atoms with Crippen LogP contribution in [0.5, 0.6) is 0 Å². The van der Waals surface area contributed by atoms with Crippen LogP contribution in [0.1, 0.15) is 13.3 Å². The van der Waals surface area contributed by atoms with E-state index in [1.165, 1.54) is 0 Å². The molecular weight excluding hydrogens is 194 g/mol. The molecule has 0 radical (unpaired) electrons. The molecule has 0 aromatic carbocycles. The number of ether oxygens (including phenoxy) is 1. The minimum Gasteiger partial charge on any atom is -0.393 e. The average Bonchev–Trinajstić information content (AvgIpc) is 1.95. The molecule has 2 N–H and O–H groups in total. The molecule has 0 aromatic rings. The Labute approximate surface area is 82.2 Å². The van der Waals surface area contributed by atoms with Crippen LogP contribution in [-0.2, 0) is 4.74 Å². The first-order valence-corrected chi connectivity index (χ1v) is 6.99. The van der Waals surface area contributed by atoms with E-state index in [0.29, 0.717) is 19.6 Å². The van der Waals surface area contributed by atoms with Gasteiger partial charge in [-0.2, -0.15) is 10.1 Å². The fourth-order valence-electron chi connectivity index (χ4n) is 0.636. The second-order valence-electron chi connectivity index (χ2n) is 2.68. The van der Waals surface area contributed by atoms with Gasteiger partial charge in [-0.3, -0.25) is 4.72 Å². The Bertz CT molecular complexity index is 89.4. The van der Waals surface area contributed by atoms with Crippen molar-refractivity contribution < 1.29 is 9.84 Å². The number of hydrogen-bond acceptors (Lipinski definition) is 4. The lowest BCUT2D eigenvalue weighted by molar-refractivity contribution is 0.0926. The van der Waals surface area contributed by atoms with Crippen molar-refractivity contribution in [2.45, 2.75) is 19.4 Å². The smallest absolute Gasteiger partial charge is 0.0599 e. The van der Waals surface area contributed by atoms with Gasteiger partial charge in [-0.05, 0) is 19.6 Å². The number of nitrogens with one attached hydrogen (secondary N) is 1. The Morgan fingerprint density at radius 2 is 2.25 bits per heavy atom. The second kappa shape index (κ2) is 8.19. The molecule has 0 fully saturated rings. The number of aliphatic hydroxyl groups excluding tert-OH is 1. The SMILES string of the molecule is CC(O)CCOCCN[SH](C)S. The van der Waals surface area contributed by atoms with Crippen molar-refractivity contribution in [3.05, 3.63) is 0 Å². The van der Waals surface area contributed by atoms with Gasteiger partial charge >= 0.3 is 0 Å². The maximum absolute atomic E-state index is 8.89. The van der Waals surface area contributed by atoms with Crippen molar-refractivity contribution in [3.8, 4) is 0 Å². The monoisotopic (exact) mass is 213 g/mol. The fraction of sp³-hybridized carbons (Fsp3) is 1.00. The van der Waals surface area contributed by atoms with Gasteiger partial charge in [0.2, 0.25) is 0 Å².